The Balaban J connectivity index is 1.90. The van der Waals surface area contributed by atoms with Crippen LogP contribution in [-0.2, 0) is 9.53 Å². The monoisotopic (exact) mass is 582 g/mol. The standard InChI is InChI=1S/C31H42ClF3N2O3/c1-6-37(7-2)27(25-18-22(32)11-15-26(25)33)16-17-36(5)29(30(38)39)24-14-8-19(3)20(4)28(24)21-9-12-23(13-10-21)40-31(34)35/h8,11,14-15,18,21,23,27,29,31H,6-7,9-10,12-13,16-17H2,1-5H3,(H,38,39)/t21?,23?,27-,29?/m0/s1. The summed E-state index contributed by atoms with van der Waals surface area (Å²) in [6, 6.07) is 7.22. The Kier molecular flexibility index (Phi) is 11.9. The van der Waals surface area contributed by atoms with Crippen LogP contribution >= 0.6 is 11.6 Å². The van der Waals surface area contributed by atoms with E-state index in [1.807, 2.05) is 44.7 Å². The van der Waals surface area contributed by atoms with Crippen LogP contribution in [0.15, 0.2) is 30.3 Å². The quantitative estimate of drug-likeness (QED) is 0.260. The number of ether oxygens (including phenoxy) is 1. The molecule has 1 N–H and O–H groups in total. The molecule has 0 bridgehead atoms. The Bertz CT molecular complexity index is 1140. The highest BCUT2D eigenvalue weighted by Gasteiger charge is 2.34. The van der Waals surface area contributed by atoms with Crippen LogP contribution in [0.25, 0.3) is 0 Å². The summed E-state index contributed by atoms with van der Waals surface area (Å²) >= 11 is 6.22. The highest BCUT2D eigenvalue weighted by atomic mass is 35.5. The number of carboxylic acid groups (broad SMARTS) is 1. The van der Waals surface area contributed by atoms with Crippen molar-refractivity contribution >= 4 is 17.6 Å². The summed E-state index contributed by atoms with van der Waals surface area (Å²) in [5.74, 6) is -1.23. The van der Waals surface area contributed by atoms with Gasteiger partial charge in [0.15, 0.2) is 0 Å². The van der Waals surface area contributed by atoms with Gasteiger partial charge in [0.1, 0.15) is 11.9 Å². The maximum Gasteiger partial charge on any atom is 0.345 e. The van der Waals surface area contributed by atoms with Crippen molar-refractivity contribution in [3.05, 3.63) is 69.0 Å². The molecule has 3 rings (SSSR count). The number of alkyl halides is 2. The van der Waals surface area contributed by atoms with E-state index in [-0.39, 0.29) is 17.8 Å². The van der Waals surface area contributed by atoms with E-state index in [4.69, 9.17) is 16.3 Å². The highest BCUT2D eigenvalue weighted by molar-refractivity contribution is 6.30. The Morgan fingerprint density at radius 1 is 1.07 bits per heavy atom. The number of carbonyl (C=O) groups is 1. The zero-order valence-electron chi connectivity index (χ0n) is 24.1. The first kappa shape index (κ1) is 32.4. The molecule has 0 saturated heterocycles. The molecule has 0 amide bonds. The first-order valence-corrected chi connectivity index (χ1v) is 14.5. The van der Waals surface area contributed by atoms with Gasteiger partial charge in [-0.3, -0.25) is 14.6 Å². The number of likely N-dealkylation sites (N-methyl/N-ethyl adjacent to an activating group) is 1. The summed E-state index contributed by atoms with van der Waals surface area (Å²) in [7, 11) is 1.79. The van der Waals surface area contributed by atoms with Gasteiger partial charge < -0.3 is 9.84 Å². The Hall–Kier alpha value is -2.13. The van der Waals surface area contributed by atoms with Crippen molar-refractivity contribution < 1.29 is 27.8 Å². The van der Waals surface area contributed by atoms with Crippen molar-refractivity contribution in [1.29, 1.82) is 0 Å². The Morgan fingerprint density at radius 3 is 2.30 bits per heavy atom. The van der Waals surface area contributed by atoms with Gasteiger partial charge in [0.2, 0.25) is 0 Å². The third kappa shape index (κ3) is 7.78. The number of hydrogen-bond acceptors (Lipinski definition) is 4. The van der Waals surface area contributed by atoms with E-state index in [2.05, 4.69) is 4.90 Å². The SMILES string of the molecule is CCN(CC)[C@@H](CCN(C)C(C(=O)O)c1ccc(C)c(C)c1C1CCC(OC(F)F)CC1)c1cc(Cl)ccc1F. The van der Waals surface area contributed by atoms with Crippen molar-refractivity contribution in [2.75, 3.05) is 26.7 Å². The normalized spacial score (nSPS) is 19.4. The van der Waals surface area contributed by atoms with Crippen molar-refractivity contribution in [3.63, 3.8) is 0 Å². The molecule has 0 radical (unpaired) electrons. The number of hydrogen-bond donors (Lipinski definition) is 1. The molecule has 2 aromatic carbocycles. The molecule has 9 heteroatoms. The van der Waals surface area contributed by atoms with E-state index in [0.717, 1.165) is 22.3 Å². The molecule has 1 aliphatic rings. The van der Waals surface area contributed by atoms with Gasteiger partial charge in [0.05, 0.1) is 6.10 Å². The molecule has 0 aliphatic heterocycles. The average Bonchev–Trinajstić information content (AvgIpc) is 2.90. The molecule has 1 saturated carbocycles. The molecule has 1 aliphatic carbocycles. The minimum atomic E-state index is -2.79. The zero-order valence-corrected chi connectivity index (χ0v) is 24.9. The highest BCUT2D eigenvalue weighted by Crippen LogP contribution is 2.41. The maximum atomic E-state index is 14.9. The topological polar surface area (TPSA) is 53.0 Å². The predicted octanol–water partition coefficient (Wildman–Crippen LogP) is 7.89. The smallest absolute Gasteiger partial charge is 0.345 e. The van der Waals surface area contributed by atoms with Crippen LogP contribution in [0.2, 0.25) is 5.02 Å². The lowest BCUT2D eigenvalue weighted by Gasteiger charge is -2.35. The molecule has 2 atom stereocenters. The molecule has 222 valence electrons. The number of benzene rings is 2. The molecule has 1 fully saturated rings. The third-order valence-corrected chi connectivity index (χ3v) is 8.73. The second-order valence-corrected chi connectivity index (χ2v) is 11.2. The van der Waals surface area contributed by atoms with E-state index in [1.54, 1.807) is 13.1 Å². The van der Waals surface area contributed by atoms with Crippen molar-refractivity contribution in [3.8, 4) is 0 Å². The summed E-state index contributed by atoms with van der Waals surface area (Å²) in [6.07, 6.45) is 2.35. The fourth-order valence-corrected chi connectivity index (χ4v) is 6.44. The van der Waals surface area contributed by atoms with Crippen molar-refractivity contribution in [2.24, 2.45) is 0 Å². The molecule has 0 heterocycles. The van der Waals surface area contributed by atoms with E-state index >= 15 is 0 Å². The number of aliphatic carboxylic acids is 1. The van der Waals surface area contributed by atoms with Gasteiger partial charge in [0, 0.05) is 23.2 Å². The molecule has 5 nitrogen and oxygen atoms in total. The number of nitrogens with zero attached hydrogens (tertiary/aromatic N) is 2. The molecule has 0 aromatic heterocycles. The molecule has 40 heavy (non-hydrogen) atoms. The van der Waals surface area contributed by atoms with Crippen molar-refractivity contribution in [2.45, 2.75) is 90.5 Å². The summed E-state index contributed by atoms with van der Waals surface area (Å²) in [5, 5.41) is 10.9. The predicted molar refractivity (Wildman–Crippen MR) is 153 cm³/mol. The van der Waals surface area contributed by atoms with Crippen LogP contribution in [0.4, 0.5) is 13.2 Å². The van der Waals surface area contributed by atoms with Gasteiger partial charge in [-0.2, -0.15) is 8.78 Å². The van der Waals surface area contributed by atoms with E-state index < -0.39 is 24.7 Å². The second kappa shape index (κ2) is 14.7. The first-order valence-electron chi connectivity index (χ1n) is 14.1. The molecular weight excluding hydrogens is 541 g/mol. The number of aryl methyl sites for hydroxylation is 1. The van der Waals surface area contributed by atoms with Gasteiger partial charge in [-0.25, -0.2) is 4.39 Å². The molecule has 2 aromatic rings. The molecule has 0 spiro atoms. The molecular formula is C31H42ClF3N2O3. The lowest BCUT2D eigenvalue weighted by Crippen LogP contribution is -2.36. The Labute approximate surface area is 241 Å². The number of carboxylic acids is 1. The average molecular weight is 583 g/mol. The summed E-state index contributed by atoms with van der Waals surface area (Å²) < 4.78 is 45.2. The van der Waals surface area contributed by atoms with Gasteiger partial charge in [-0.1, -0.05) is 37.6 Å². The van der Waals surface area contributed by atoms with Crippen LogP contribution < -0.4 is 0 Å². The van der Waals surface area contributed by atoms with Gasteiger partial charge in [0.25, 0.3) is 0 Å². The minimum absolute atomic E-state index is 0.0617. The van der Waals surface area contributed by atoms with E-state index in [0.29, 0.717) is 62.3 Å². The fraction of sp³-hybridized carbons (Fsp3) is 0.581. The number of rotatable bonds is 13. The molecule has 1 unspecified atom stereocenters. The summed E-state index contributed by atoms with van der Waals surface area (Å²) in [6.45, 7) is 7.08. The van der Waals surface area contributed by atoms with Crippen LogP contribution in [0.5, 0.6) is 0 Å². The first-order chi connectivity index (χ1) is 19.0. The lowest BCUT2D eigenvalue weighted by atomic mass is 9.77. The zero-order chi connectivity index (χ0) is 29.6. The maximum absolute atomic E-state index is 14.9. The van der Waals surface area contributed by atoms with Gasteiger partial charge in [-0.05, 0) is 112 Å². The van der Waals surface area contributed by atoms with Crippen LogP contribution in [-0.4, -0.2) is 60.3 Å². The third-order valence-electron chi connectivity index (χ3n) is 8.49. The largest absolute Gasteiger partial charge is 0.480 e. The van der Waals surface area contributed by atoms with Crippen LogP contribution in [0.1, 0.15) is 91.8 Å². The minimum Gasteiger partial charge on any atom is -0.480 e. The van der Waals surface area contributed by atoms with Gasteiger partial charge in [-0.15, -0.1) is 0 Å². The second-order valence-electron chi connectivity index (χ2n) is 10.8. The van der Waals surface area contributed by atoms with Crippen LogP contribution in [0, 0.1) is 19.7 Å². The lowest BCUT2D eigenvalue weighted by molar-refractivity contribution is -0.170. The number of halogens is 4. The summed E-state index contributed by atoms with van der Waals surface area (Å²) in [4.78, 5) is 16.7. The Morgan fingerprint density at radius 2 is 1.73 bits per heavy atom. The summed E-state index contributed by atoms with van der Waals surface area (Å²) in [5.41, 5.74) is 4.33. The van der Waals surface area contributed by atoms with E-state index in [9.17, 15) is 23.1 Å². The fourth-order valence-electron chi connectivity index (χ4n) is 6.26. The van der Waals surface area contributed by atoms with Crippen molar-refractivity contribution in [1.82, 2.24) is 9.80 Å². The van der Waals surface area contributed by atoms with E-state index in [1.165, 1.54) is 12.1 Å². The van der Waals surface area contributed by atoms with Crippen LogP contribution in [0.3, 0.4) is 0 Å². The van der Waals surface area contributed by atoms with Gasteiger partial charge >= 0.3 is 12.6 Å².